The van der Waals surface area contributed by atoms with Gasteiger partial charge in [-0.05, 0) is 19.4 Å². The molecule has 3 heterocycles. The number of likely N-dealkylation sites (tertiary alicyclic amines) is 1. The summed E-state index contributed by atoms with van der Waals surface area (Å²) in [5.41, 5.74) is 0.435. The maximum atomic E-state index is 12.5. The summed E-state index contributed by atoms with van der Waals surface area (Å²) in [4.78, 5) is 28.9. The summed E-state index contributed by atoms with van der Waals surface area (Å²) in [5.74, 6) is -0.295. The number of hydrogen-bond acceptors (Lipinski definition) is 5. The van der Waals surface area contributed by atoms with Gasteiger partial charge in [-0.15, -0.1) is 12.4 Å². The van der Waals surface area contributed by atoms with E-state index in [-0.39, 0.29) is 24.2 Å². The third-order valence-electron chi connectivity index (χ3n) is 4.64. The maximum absolute atomic E-state index is 12.5. The van der Waals surface area contributed by atoms with Crippen LogP contribution in [0.4, 0.5) is 0 Å². The number of amides is 2. The fraction of sp³-hybridized carbons (Fsp3) is 0.625. The van der Waals surface area contributed by atoms with Crippen molar-refractivity contribution < 1.29 is 14.0 Å². The van der Waals surface area contributed by atoms with Crippen molar-refractivity contribution in [3.8, 4) is 0 Å². The average Bonchev–Trinajstić information content (AvgIpc) is 3.26. The van der Waals surface area contributed by atoms with Gasteiger partial charge in [-0.2, -0.15) is 0 Å². The van der Waals surface area contributed by atoms with Crippen LogP contribution in [-0.2, 0) is 4.79 Å². The van der Waals surface area contributed by atoms with E-state index in [1.54, 1.807) is 13.0 Å². The summed E-state index contributed by atoms with van der Waals surface area (Å²) in [5, 5.41) is 6.09. The molecule has 2 fully saturated rings. The lowest BCUT2D eigenvalue weighted by atomic mass is 10.2. The minimum atomic E-state index is -0.529. The molecule has 2 atom stereocenters. The molecule has 7 nitrogen and oxygen atoms in total. The second-order valence-electron chi connectivity index (χ2n) is 6.22. The smallest absolute Gasteiger partial charge is 0.255 e. The van der Waals surface area contributed by atoms with Gasteiger partial charge >= 0.3 is 0 Å². The average molecular weight is 357 g/mol. The van der Waals surface area contributed by atoms with E-state index in [9.17, 15) is 9.59 Å². The van der Waals surface area contributed by atoms with Gasteiger partial charge in [-0.1, -0.05) is 0 Å². The Hall–Kier alpha value is -1.57. The van der Waals surface area contributed by atoms with Gasteiger partial charge in [0.2, 0.25) is 5.91 Å². The molecule has 2 aliphatic heterocycles. The monoisotopic (exact) mass is 356 g/mol. The van der Waals surface area contributed by atoms with Gasteiger partial charge in [0.05, 0.1) is 11.8 Å². The van der Waals surface area contributed by atoms with E-state index in [4.69, 9.17) is 4.42 Å². The Balaban J connectivity index is 0.00000208. The highest BCUT2D eigenvalue weighted by Crippen LogP contribution is 2.17. The van der Waals surface area contributed by atoms with Crippen LogP contribution in [0.25, 0.3) is 0 Å². The van der Waals surface area contributed by atoms with Gasteiger partial charge in [0.25, 0.3) is 5.91 Å². The summed E-state index contributed by atoms with van der Waals surface area (Å²) in [6.07, 6.45) is 3.83. The van der Waals surface area contributed by atoms with E-state index in [0.717, 1.165) is 45.7 Å². The molecule has 8 heteroatoms. The molecule has 2 unspecified atom stereocenters. The van der Waals surface area contributed by atoms with E-state index in [2.05, 4.69) is 15.5 Å². The Morgan fingerprint density at radius 3 is 2.75 bits per heavy atom. The van der Waals surface area contributed by atoms with Crippen molar-refractivity contribution in [1.29, 1.82) is 0 Å². The largest absolute Gasteiger partial charge is 0.472 e. The number of carbonyl (C=O) groups excluding carboxylic acids is 2. The van der Waals surface area contributed by atoms with E-state index < -0.39 is 6.04 Å². The highest BCUT2D eigenvalue weighted by Gasteiger charge is 2.33. The molecule has 2 N–H and O–H groups in total. The van der Waals surface area contributed by atoms with Crippen molar-refractivity contribution in [3.05, 3.63) is 24.2 Å². The molecule has 0 saturated carbocycles. The van der Waals surface area contributed by atoms with Crippen LogP contribution in [0, 0.1) is 0 Å². The SMILES string of the molecule is CC(NC(=O)c1ccoc1)C(=O)N1CCC(N2CCNCC2)C1.Cl. The summed E-state index contributed by atoms with van der Waals surface area (Å²) < 4.78 is 4.89. The van der Waals surface area contributed by atoms with Crippen LogP contribution in [-0.4, -0.2) is 73.0 Å². The quantitative estimate of drug-likeness (QED) is 0.812. The van der Waals surface area contributed by atoms with Crippen molar-refractivity contribution in [3.63, 3.8) is 0 Å². The molecule has 134 valence electrons. The number of hydrogen-bond donors (Lipinski definition) is 2. The number of halogens is 1. The lowest BCUT2D eigenvalue weighted by Gasteiger charge is -2.32. The van der Waals surface area contributed by atoms with E-state index >= 15 is 0 Å². The van der Waals surface area contributed by atoms with Crippen molar-refractivity contribution in [2.75, 3.05) is 39.3 Å². The van der Waals surface area contributed by atoms with Crippen LogP contribution in [0.15, 0.2) is 23.0 Å². The Kier molecular flexibility index (Phi) is 6.65. The minimum Gasteiger partial charge on any atom is -0.472 e. The topological polar surface area (TPSA) is 77.8 Å². The van der Waals surface area contributed by atoms with Crippen LogP contribution in [0.5, 0.6) is 0 Å². The molecule has 0 radical (unpaired) electrons. The lowest BCUT2D eigenvalue weighted by Crippen LogP contribution is -2.50. The predicted molar refractivity (Wildman–Crippen MR) is 92.3 cm³/mol. The van der Waals surface area contributed by atoms with Crippen LogP contribution in [0.2, 0.25) is 0 Å². The summed E-state index contributed by atoms with van der Waals surface area (Å²) in [7, 11) is 0. The minimum absolute atomic E-state index is 0. The maximum Gasteiger partial charge on any atom is 0.255 e. The number of rotatable bonds is 4. The number of nitrogens with one attached hydrogen (secondary N) is 2. The zero-order valence-corrected chi connectivity index (χ0v) is 14.7. The summed E-state index contributed by atoms with van der Waals surface area (Å²) in [6, 6.07) is 1.50. The summed E-state index contributed by atoms with van der Waals surface area (Å²) >= 11 is 0. The first kappa shape index (κ1) is 18.8. The zero-order chi connectivity index (χ0) is 16.2. The predicted octanol–water partition coefficient (Wildman–Crippen LogP) is 0.326. The van der Waals surface area contributed by atoms with Crippen molar-refractivity contribution in [2.24, 2.45) is 0 Å². The molecular formula is C16H25ClN4O3. The normalized spacial score (nSPS) is 22.7. The Bertz CT molecular complexity index is 546. The van der Waals surface area contributed by atoms with Gasteiger partial charge in [-0.25, -0.2) is 0 Å². The highest BCUT2D eigenvalue weighted by molar-refractivity contribution is 5.97. The molecule has 1 aromatic heterocycles. The van der Waals surface area contributed by atoms with Gasteiger partial charge < -0.3 is 20.0 Å². The first-order chi connectivity index (χ1) is 11.1. The molecule has 24 heavy (non-hydrogen) atoms. The standard InChI is InChI=1S/C16H24N4O3.ClH/c1-12(18-15(21)13-3-9-23-11-13)16(22)20-6-2-14(10-20)19-7-4-17-5-8-19;/h3,9,11-12,14,17H,2,4-8,10H2,1H3,(H,18,21);1H. The third kappa shape index (κ3) is 4.28. The highest BCUT2D eigenvalue weighted by atomic mass is 35.5. The van der Waals surface area contributed by atoms with Crippen LogP contribution in [0.1, 0.15) is 23.7 Å². The molecule has 2 aliphatic rings. The molecule has 0 aromatic carbocycles. The fourth-order valence-corrected chi connectivity index (χ4v) is 3.30. The zero-order valence-electron chi connectivity index (χ0n) is 13.9. The molecule has 0 aliphatic carbocycles. The second-order valence-corrected chi connectivity index (χ2v) is 6.22. The van der Waals surface area contributed by atoms with E-state index in [1.807, 2.05) is 4.90 Å². The van der Waals surface area contributed by atoms with Crippen molar-refractivity contribution in [2.45, 2.75) is 25.4 Å². The Morgan fingerprint density at radius 2 is 2.08 bits per heavy atom. The molecule has 2 saturated heterocycles. The lowest BCUT2D eigenvalue weighted by molar-refractivity contribution is -0.131. The van der Waals surface area contributed by atoms with Gasteiger partial charge in [0.1, 0.15) is 12.3 Å². The molecule has 3 rings (SSSR count). The first-order valence-corrected chi connectivity index (χ1v) is 8.22. The molecule has 0 bridgehead atoms. The Morgan fingerprint density at radius 1 is 1.33 bits per heavy atom. The van der Waals surface area contributed by atoms with Gasteiger partial charge in [0, 0.05) is 45.3 Å². The molecular weight excluding hydrogens is 332 g/mol. The Labute approximate surface area is 148 Å². The second kappa shape index (κ2) is 8.50. The first-order valence-electron chi connectivity index (χ1n) is 8.22. The summed E-state index contributed by atoms with van der Waals surface area (Å²) in [6.45, 7) is 7.37. The van der Waals surface area contributed by atoms with Crippen LogP contribution in [0.3, 0.4) is 0 Å². The van der Waals surface area contributed by atoms with Crippen LogP contribution < -0.4 is 10.6 Å². The van der Waals surface area contributed by atoms with Crippen LogP contribution >= 0.6 is 12.4 Å². The van der Waals surface area contributed by atoms with Gasteiger partial charge in [0.15, 0.2) is 0 Å². The molecule has 0 spiro atoms. The van der Waals surface area contributed by atoms with E-state index in [0.29, 0.717) is 11.6 Å². The number of piperazine rings is 1. The van der Waals surface area contributed by atoms with E-state index in [1.165, 1.54) is 12.5 Å². The number of nitrogens with zero attached hydrogens (tertiary/aromatic N) is 2. The van der Waals surface area contributed by atoms with Gasteiger partial charge in [-0.3, -0.25) is 14.5 Å². The number of carbonyl (C=O) groups is 2. The number of furan rings is 1. The molecule has 2 amide bonds. The van der Waals surface area contributed by atoms with Crippen molar-refractivity contribution in [1.82, 2.24) is 20.4 Å². The fourth-order valence-electron chi connectivity index (χ4n) is 3.30. The molecule has 1 aromatic rings. The van der Waals surface area contributed by atoms with Crippen molar-refractivity contribution >= 4 is 24.2 Å². The third-order valence-corrected chi connectivity index (χ3v) is 4.64.